The predicted molar refractivity (Wildman–Crippen MR) is 51.7 cm³/mol. The van der Waals surface area contributed by atoms with Gasteiger partial charge in [0.05, 0.1) is 11.1 Å². The maximum Gasteiger partial charge on any atom is 0.335 e. The summed E-state index contributed by atoms with van der Waals surface area (Å²) in [6, 6.07) is 5.20. The summed E-state index contributed by atoms with van der Waals surface area (Å²) in [6.45, 7) is 4.00. The molecule has 0 atom stereocenters. The number of benzene rings is 1. The average Bonchev–Trinajstić information content (AvgIpc) is 2.21. The lowest BCUT2D eigenvalue weighted by atomic mass is 10.1. The van der Waals surface area contributed by atoms with E-state index < -0.39 is 11.9 Å². The Morgan fingerprint density at radius 2 is 1.36 bits per heavy atom. The Morgan fingerprint density at radius 1 is 1.00 bits per heavy atom. The van der Waals surface area contributed by atoms with E-state index in [2.05, 4.69) is 0 Å². The van der Waals surface area contributed by atoms with Gasteiger partial charge in [0.2, 0.25) is 0 Å². The molecule has 0 radical (unpaired) electrons. The van der Waals surface area contributed by atoms with Crippen LogP contribution in [0.15, 0.2) is 24.3 Å². The molecule has 0 saturated carbocycles. The molecule has 0 saturated heterocycles. The number of carbonyl (C=O) groups is 2. The highest BCUT2D eigenvalue weighted by atomic mass is 16.4. The van der Waals surface area contributed by atoms with Crippen LogP contribution in [0.3, 0.4) is 0 Å². The van der Waals surface area contributed by atoms with Crippen molar-refractivity contribution in [1.29, 1.82) is 0 Å². The Bertz CT molecular complexity index is 301. The molecule has 0 fully saturated rings. The maximum atomic E-state index is 10.4. The Kier molecular flexibility index (Phi) is 4.99. The van der Waals surface area contributed by atoms with E-state index in [4.69, 9.17) is 10.2 Å². The first-order valence-electron chi connectivity index (χ1n) is 4.18. The third-order valence-electron chi connectivity index (χ3n) is 1.36. The molecule has 0 unspecified atom stereocenters. The topological polar surface area (TPSA) is 74.6 Å². The van der Waals surface area contributed by atoms with E-state index in [0.717, 1.165) is 6.07 Å². The maximum absolute atomic E-state index is 10.4. The van der Waals surface area contributed by atoms with Crippen molar-refractivity contribution in [2.45, 2.75) is 13.8 Å². The lowest BCUT2D eigenvalue weighted by molar-refractivity contribution is 0.0696. The number of rotatable bonds is 2. The Balaban J connectivity index is 0.000000791. The number of hydrogen-bond donors (Lipinski definition) is 2. The molecule has 4 heteroatoms. The molecule has 1 aromatic carbocycles. The van der Waals surface area contributed by atoms with Crippen LogP contribution in [0.4, 0.5) is 0 Å². The smallest absolute Gasteiger partial charge is 0.335 e. The molecule has 0 aliphatic rings. The molecule has 0 amide bonds. The molecule has 1 aromatic rings. The van der Waals surface area contributed by atoms with Gasteiger partial charge in [0.25, 0.3) is 0 Å². The first-order chi connectivity index (χ1) is 6.61. The van der Waals surface area contributed by atoms with E-state index in [1.807, 2.05) is 13.8 Å². The Labute approximate surface area is 81.8 Å². The van der Waals surface area contributed by atoms with Gasteiger partial charge in [-0.05, 0) is 18.2 Å². The average molecular weight is 196 g/mol. The van der Waals surface area contributed by atoms with E-state index in [9.17, 15) is 9.59 Å². The summed E-state index contributed by atoms with van der Waals surface area (Å²) < 4.78 is 0. The Hall–Kier alpha value is -1.84. The van der Waals surface area contributed by atoms with Gasteiger partial charge in [-0.1, -0.05) is 19.9 Å². The third-order valence-corrected chi connectivity index (χ3v) is 1.36. The molecular weight excluding hydrogens is 184 g/mol. The van der Waals surface area contributed by atoms with Crippen molar-refractivity contribution in [2.24, 2.45) is 0 Å². The molecule has 2 N–H and O–H groups in total. The first kappa shape index (κ1) is 12.2. The van der Waals surface area contributed by atoms with Crippen LogP contribution in [-0.2, 0) is 0 Å². The summed E-state index contributed by atoms with van der Waals surface area (Å²) >= 11 is 0. The molecule has 0 heterocycles. The van der Waals surface area contributed by atoms with Crippen LogP contribution < -0.4 is 0 Å². The molecule has 14 heavy (non-hydrogen) atoms. The van der Waals surface area contributed by atoms with Gasteiger partial charge in [0, 0.05) is 0 Å². The van der Waals surface area contributed by atoms with Gasteiger partial charge < -0.3 is 10.2 Å². The minimum absolute atomic E-state index is 0.0186. The largest absolute Gasteiger partial charge is 0.478 e. The molecular formula is C10H12O4. The van der Waals surface area contributed by atoms with E-state index >= 15 is 0 Å². The standard InChI is InChI=1S/C8H6O4.C2H6/c9-7(10)5-2-1-3-6(4-5)8(11)12;1-2/h1-4H,(H,9,10)(H,11,12);1-2H3. The van der Waals surface area contributed by atoms with Crippen LogP contribution >= 0.6 is 0 Å². The molecule has 76 valence electrons. The number of hydrogen-bond acceptors (Lipinski definition) is 2. The van der Waals surface area contributed by atoms with Crippen molar-refractivity contribution in [3.8, 4) is 0 Å². The minimum Gasteiger partial charge on any atom is -0.478 e. The van der Waals surface area contributed by atoms with Crippen LogP contribution in [-0.4, -0.2) is 22.2 Å². The van der Waals surface area contributed by atoms with Crippen LogP contribution in [0.2, 0.25) is 0 Å². The van der Waals surface area contributed by atoms with Gasteiger partial charge in [-0.25, -0.2) is 9.59 Å². The summed E-state index contributed by atoms with van der Waals surface area (Å²) in [4.78, 5) is 20.8. The third kappa shape index (κ3) is 3.26. The second-order valence-corrected chi connectivity index (χ2v) is 2.19. The lowest BCUT2D eigenvalue weighted by Gasteiger charge is -1.95. The van der Waals surface area contributed by atoms with Crippen molar-refractivity contribution in [1.82, 2.24) is 0 Å². The molecule has 0 aromatic heterocycles. The van der Waals surface area contributed by atoms with Crippen molar-refractivity contribution in [3.63, 3.8) is 0 Å². The normalized spacial score (nSPS) is 8.43. The van der Waals surface area contributed by atoms with Gasteiger partial charge >= 0.3 is 11.9 Å². The summed E-state index contributed by atoms with van der Waals surface area (Å²) in [5.41, 5.74) is -0.0372. The summed E-state index contributed by atoms with van der Waals surface area (Å²) in [5.74, 6) is -2.25. The lowest BCUT2D eigenvalue weighted by Crippen LogP contribution is -2.01. The summed E-state index contributed by atoms with van der Waals surface area (Å²) in [7, 11) is 0. The second kappa shape index (κ2) is 5.75. The molecule has 1 rings (SSSR count). The van der Waals surface area contributed by atoms with Crippen LogP contribution in [0.25, 0.3) is 0 Å². The fourth-order valence-corrected chi connectivity index (χ4v) is 0.785. The van der Waals surface area contributed by atoms with E-state index in [1.165, 1.54) is 18.2 Å². The highest BCUT2D eigenvalue weighted by Crippen LogP contribution is 2.04. The molecule has 0 bridgehead atoms. The van der Waals surface area contributed by atoms with Gasteiger partial charge in [0.1, 0.15) is 0 Å². The van der Waals surface area contributed by atoms with Crippen LogP contribution in [0.5, 0.6) is 0 Å². The zero-order valence-electron chi connectivity index (χ0n) is 8.02. The summed E-state index contributed by atoms with van der Waals surface area (Å²) in [6.07, 6.45) is 0. The zero-order valence-corrected chi connectivity index (χ0v) is 8.02. The number of carboxylic acid groups (broad SMARTS) is 2. The monoisotopic (exact) mass is 196 g/mol. The number of carboxylic acids is 2. The van der Waals surface area contributed by atoms with Gasteiger partial charge in [-0.3, -0.25) is 0 Å². The number of aromatic carboxylic acids is 2. The van der Waals surface area contributed by atoms with Gasteiger partial charge in [-0.2, -0.15) is 0 Å². The zero-order chi connectivity index (χ0) is 11.1. The molecule has 0 aliphatic heterocycles. The summed E-state index contributed by atoms with van der Waals surface area (Å²) in [5, 5.41) is 17.0. The fourth-order valence-electron chi connectivity index (χ4n) is 0.785. The minimum atomic E-state index is -1.13. The van der Waals surface area contributed by atoms with Crippen LogP contribution in [0.1, 0.15) is 34.6 Å². The van der Waals surface area contributed by atoms with Gasteiger partial charge in [-0.15, -0.1) is 0 Å². The molecule has 0 spiro atoms. The quantitative estimate of drug-likeness (QED) is 0.759. The first-order valence-corrected chi connectivity index (χ1v) is 4.18. The van der Waals surface area contributed by atoms with Crippen molar-refractivity contribution in [3.05, 3.63) is 35.4 Å². The van der Waals surface area contributed by atoms with Crippen molar-refractivity contribution in [2.75, 3.05) is 0 Å². The van der Waals surface area contributed by atoms with Crippen molar-refractivity contribution >= 4 is 11.9 Å². The predicted octanol–water partition coefficient (Wildman–Crippen LogP) is 2.11. The van der Waals surface area contributed by atoms with E-state index in [-0.39, 0.29) is 11.1 Å². The second-order valence-electron chi connectivity index (χ2n) is 2.19. The van der Waals surface area contributed by atoms with Crippen molar-refractivity contribution < 1.29 is 19.8 Å². The fraction of sp³-hybridized carbons (Fsp3) is 0.200. The van der Waals surface area contributed by atoms with Gasteiger partial charge in [0.15, 0.2) is 0 Å². The van der Waals surface area contributed by atoms with Crippen LogP contribution in [0, 0.1) is 0 Å². The highest BCUT2D eigenvalue weighted by molar-refractivity contribution is 5.93. The molecule has 4 nitrogen and oxygen atoms in total. The SMILES string of the molecule is CC.O=C(O)c1cccc(C(=O)O)c1. The highest BCUT2D eigenvalue weighted by Gasteiger charge is 2.06. The molecule has 0 aliphatic carbocycles. The van der Waals surface area contributed by atoms with E-state index in [1.54, 1.807) is 0 Å². The Morgan fingerprint density at radius 3 is 1.64 bits per heavy atom. The van der Waals surface area contributed by atoms with E-state index in [0.29, 0.717) is 0 Å².